The second-order valence-corrected chi connectivity index (χ2v) is 5.69. The summed E-state index contributed by atoms with van der Waals surface area (Å²) in [5, 5.41) is 14.9. The highest BCUT2D eigenvalue weighted by Crippen LogP contribution is 2.27. The smallest absolute Gasteiger partial charge is 0.124 e. The maximum atomic E-state index is 13.3. The molecule has 0 amide bonds. The molecule has 0 aliphatic rings. The van der Waals surface area contributed by atoms with Crippen LogP contribution in [0.25, 0.3) is 0 Å². The summed E-state index contributed by atoms with van der Waals surface area (Å²) in [4.78, 5) is 0. The van der Waals surface area contributed by atoms with Gasteiger partial charge in [-0.25, -0.2) is 4.39 Å². The quantitative estimate of drug-likeness (QED) is 0.922. The molecule has 0 aliphatic carbocycles. The van der Waals surface area contributed by atoms with Crippen LogP contribution in [0.4, 0.5) is 4.39 Å². The summed E-state index contributed by atoms with van der Waals surface area (Å²) in [6.07, 6.45) is -0.550. The number of benzene rings is 1. The molecule has 1 aromatic heterocycles. The highest BCUT2D eigenvalue weighted by atomic mass is 79.9. The minimum absolute atomic E-state index is 0.284. The van der Waals surface area contributed by atoms with Crippen LogP contribution in [-0.4, -0.2) is 14.9 Å². The Morgan fingerprint density at radius 2 is 2.16 bits per heavy atom. The van der Waals surface area contributed by atoms with Gasteiger partial charge in [-0.05, 0) is 30.7 Å². The number of halogens is 3. The van der Waals surface area contributed by atoms with E-state index < -0.39 is 11.9 Å². The molecular weight excluding hydrogens is 335 g/mol. The summed E-state index contributed by atoms with van der Waals surface area (Å²) in [6.45, 7) is 1.80. The molecule has 2 rings (SSSR count). The fourth-order valence-corrected chi connectivity index (χ4v) is 2.69. The molecule has 0 saturated carbocycles. The first kappa shape index (κ1) is 14.5. The van der Waals surface area contributed by atoms with Gasteiger partial charge in [0.15, 0.2) is 0 Å². The summed E-state index contributed by atoms with van der Waals surface area (Å²) in [5.74, 6) is -0.393. The van der Waals surface area contributed by atoms with Crippen LogP contribution in [0, 0.1) is 12.7 Å². The molecule has 0 aliphatic heterocycles. The van der Waals surface area contributed by atoms with Crippen LogP contribution in [0.5, 0.6) is 0 Å². The number of hydrogen-bond donors (Lipinski definition) is 1. The molecule has 0 saturated heterocycles. The van der Waals surface area contributed by atoms with Gasteiger partial charge in [-0.1, -0.05) is 27.5 Å². The van der Waals surface area contributed by atoms with Gasteiger partial charge in [0.05, 0.1) is 22.5 Å². The van der Waals surface area contributed by atoms with Gasteiger partial charge in [-0.2, -0.15) is 5.10 Å². The van der Waals surface area contributed by atoms with E-state index in [1.165, 1.54) is 12.1 Å². The Kier molecular flexibility index (Phi) is 4.28. The van der Waals surface area contributed by atoms with Crippen molar-refractivity contribution < 1.29 is 9.50 Å². The van der Waals surface area contributed by atoms with Crippen molar-refractivity contribution in [2.75, 3.05) is 0 Å². The fraction of sp³-hybridized carbons (Fsp3) is 0.308. The first-order chi connectivity index (χ1) is 8.88. The number of aryl methyl sites for hydroxylation is 2. The van der Waals surface area contributed by atoms with E-state index in [-0.39, 0.29) is 6.42 Å². The van der Waals surface area contributed by atoms with E-state index >= 15 is 0 Å². The lowest BCUT2D eigenvalue weighted by atomic mass is 10.0. The molecule has 3 nitrogen and oxygen atoms in total. The third-order valence-electron chi connectivity index (χ3n) is 2.92. The van der Waals surface area contributed by atoms with Gasteiger partial charge in [0.25, 0.3) is 0 Å². The van der Waals surface area contributed by atoms with Crippen LogP contribution in [0.1, 0.15) is 23.1 Å². The highest BCUT2D eigenvalue weighted by molar-refractivity contribution is 9.10. The Hall–Kier alpha value is -0.910. The molecule has 0 radical (unpaired) electrons. The molecule has 0 fully saturated rings. The molecule has 1 N–H and O–H groups in total. The lowest BCUT2D eigenvalue weighted by molar-refractivity contribution is 0.175. The number of hydrogen-bond acceptors (Lipinski definition) is 2. The minimum atomic E-state index is -0.834. The second-order valence-electron chi connectivity index (χ2n) is 4.39. The van der Waals surface area contributed by atoms with Crippen molar-refractivity contribution in [2.24, 2.45) is 7.05 Å². The lowest BCUT2D eigenvalue weighted by Gasteiger charge is -2.12. The normalized spacial score (nSPS) is 12.7. The van der Waals surface area contributed by atoms with Crippen molar-refractivity contribution in [1.82, 2.24) is 9.78 Å². The predicted octanol–water partition coefficient (Wildman–Crippen LogP) is 3.56. The first-order valence-corrected chi connectivity index (χ1v) is 6.87. The Morgan fingerprint density at radius 3 is 2.68 bits per heavy atom. The molecule has 1 aromatic carbocycles. The lowest BCUT2D eigenvalue weighted by Crippen LogP contribution is -2.07. The Bertz CT molecular complexity index is 595. The van der Waals surface area contributed by atoms with Crippen molar-refractivity contribution in [1.29, 1.82) is 0 Å². The zero-order valence-electron chi connectivity index (χ0n) is 10.5. The van der Waals surface area contributed by atoms with E-state index in [4.69, 9.17) is 11.6 Å². The number of rotatable bonds is 3. The van der Waals surface area contributed by atoms with Gasteiger partial charge in [0, 0.05) is 17.9 Å². The third-order valence-corrected chi connectivity index (χ3v) is 3.87. The molecular formula is C13H13BrClFN2O. The van der Waals surface area contributed by atoms with E-state index in [1.54, 1.807) is 24.7 Å². The average molecular weight is 348 g/mol. The van der Waals surface area contributed by atoms with Crippen molar-refractivity contribution in [3.05, 3.63) is 50.5 Å². The Labute approximate surface area is 124 Å². The first-order valence-electron chi connectivity index (χ1n) is 5.70. The van der Waals surface area contributed by atoms with Gasteiger partial charge in [0.2, 0.25) is 0 Å². The van der Waals surface area contributed by atoms with E-state index in [0.29, 0.717) is 20.8 Å². The summed E-state index contributed by atoms with van der Waals surface area (Å²) >= 11 is 9.34. The number of aliphatic hydroxyl groups is 1. The molecule has 1 unspecified atom stereocenters. The largest absolute Gasteiger partial charge is 0.388 e. The average Bonchev–Trinajstić information content (AvgIpc) is 2.54. The van der Waals surface area contributed by atoms with Gasteiger partial charge in [-0.3, -0.25) is 4.68 Å². The van der Waals surface area contributed by atoms with E-state index in [2.05, 4.69) is 21.0 Å². The van der Waals surface area contributed by atoms with Crippen molar-refractivity contribution in [3.8, 4) is 0 Å². The highest BCUT2D eigenvalue weighted by Gasteiger charge is 2.17. The number of aromatic nitrogens is 2. The maximum Gasteiger partial charge on any atom is 0.124 e. The van der Waals surface area contributed by atoms with Gasteiger partial charge < -0.3 is 5.11 Å². The van der Waals surface area contributed by atoms with Crippen LogP contribution >= 0.6 is 27.5 Å². The molecule has 0 spiro atoms. The minimum Gasteiger partial charge on any atom is -0.388 e. The summed E-state index contributed by atoms with van der Waals surface area (Å²) in [6, 6.07) is 4.34. The van der Waals surface area contributed by atoms with Crippen LogP contribution < -0.4 is 0 Å². The van der Waals surface area contributed by atoms with Gasteiger partial charge >= 0.3 is 0 Å². The molecule has 19 heavy (non-hydrogen) atoms. The zero-order valence-corrected chi connectivity index (χ0v) is 12.8. The molecule has 1 heterocycles. The topological polar surface area (TPSA) is 38.0 Å². The summed E-state index contributed by atoms with van der Waals surface area (Å²) < 4.78 is 15.5. The summed E-state index contributed by atoms with van der Waals surface area (Å²) in [5.41, 5.74) is 1.95. The predicted molar refractivity (Wildman–Crippen MR) is 75.7 cm³/mol. The van der Waals surface area contributed by atoms with Crippen molar-refractivity contribution in [2.45, 2.75) is 19.4 Å². The fourth-order valence-electron chi connectivity index (χ4n) is 1.97. The van der Waals surface area contributed by atoms with Crippen LogP contribution in [0.15, 0.2) is 22.7 Å². The zero-order chi connectivity index (χ0) is 14.2. The maximum absolute atomic E-state index is 13.3. The van der Waals surface area contributed by atoms with E-state index in [1.807, 2.05) is 0 Å². The van der Waals surface area contributed by atoms with E-state index in [0.717, 1.165) is 5.69 Å². The van der Waals surface area contributed by atoms with E-state index in [9.17, 15) is 9.50 Å². The third kappa shape index (κ3) is 3.16. The molecule has 2 aromatic rings. The van der Waals surface area contributed by atoms with Gasteiger partial charge in [-0.15, -0.1) is 0 Å². The van der Waals surface area contributed by atoms with Gasteiger partial charge in [0.1, 0.15) is 5.82 Å². The van der Waals surface area contributed by atoms with Crippen LogP contribution in [-0.2, 0) is 13.5 Å². The van der Waals surface area contributed by atoms with Crippen molar-refractivity contribution in [3.63, 3.8) is 0 Å². The Balaban J connectivity index is 2.27. The van der Waals surface area contributed by atoms with Crippen molar-refractivity contribution >= 4 is 27.5 Å². The second kappa shape index (κ2) is 5.61. The SMILES string of the molecule is Cc1nn(C)c(CC(O)c2cc(F)cc(Br)c2)c1Cl. The van der Waals surface area contributed by atoms with Crippen LogP contribution in [0.2, 0.25) is 5.02 Å². The molecule has 102 valence electrons. The number of aliphatic hydroxyl groups excluding tert-OH is 1. The monoisotopic (exact) mass is 346 g/mol. The summed E-state index contributed by atoms with van der Waals surface area (Å²) in [7, 11) is 1.77. The Morgan fingerprint density at radius 1 is 1.47 bits per heavy atom. The molecule has 1 atom stereocenters. The standard InChI is InChI=1S/C13H13BrClFN2O/c1-7-13(15)11(18(2)17-7)6-12(19)8-3-9(14)5-10(16)4-8/h3-5,12,19H,6H2,1-2H3. The number of nitrogens with zero attached hydrogens (tertiary/aromatic N) is 2. The molecule has 0 bridgehead atoms. The van der Waals surface area contributed by atoms with Crippen LogP contribution in [0.3, 0.4) is 0 Å². The molecule has 6 heteroatoms.